The zero-order chi connectivity index (χ0) is 28.8. The molecule has 4 N–H and O–H groups in total. The van der Waals surface area contributed by atoms with Gasteiger partial charge in [0.05, 0.1) is 19.3 Å². The fraction of sp³-hybridized carbons (Fsp3) is 0.394. The fourth-order valence-corrected chi connectivity index (χ4v) is 5.58. The number of carbonyl (C=O) groups excluding carboxylic acids is 2. The van der Waals surface area contributed by atoms with Gasteiger partial charge in [0.25, 0.3) is 5.91 Å². The van der Waals surface area contributed by atoms with Gasteiger partial charge >= 0.3 is 0 Å². The molecule has 3 aromatic carbocycles. The molecule has 3 aromatic rings. The Morgan fingerprint density at radius 3 is 2.56 bits per heavy atom. The Bertz CT molecular complexity index is 1360. The lowest BCUT2D eigenvalue weighted by molar-refractivity contribution is -0.117. The molecule has 1 aliphatic heterocycles. The topological polar surface area (TPSA) is 103 Å². The monoisotopic (exact) mass is 556 g/mol. The highest BCUT2D eigenvalue weighted by molar-refractivity contribution is 6.00. The minimum atomic E-state index is -0.834. The van der Waals surface area contributed by atoms with E-state index >= 15 is 0 Å². The molecule has 41 heavy (non-hydrogen) atoms. The molecule has 1 saturated carbocycles. The van der Waals surface area contributed by atoms with Gasteiger partial charge in [-0.05, 0) is 74.1 Å². The van der Waals surface area contributed by atoms with E-state index in [-0.39, 0.29) is 17.4 Å². The lowest BCUT2D eigenvalue weighted by Crippen LogP contribution is -2.50. The third-order valence-electron chi connectivity index (χ3n) is 8.05. The maximum Gasteiger partial charge on any atom is 0.251 e. The predicted octanol–water partition coefficient (Wildman–Crippen LogP) is 4.23. The van der Waals surface area contributed by atoms with Crippen LogP contribution in [-0.2, 0) is 16.8 Å². The second-order valence-corrected chi connectivity index (χ2v) is 11.0. The van der Waals surface area contributed by atoms with E-state index in [1.165, 1.54) is 0 Å². The Morgan fingerprint density at radius 2 is 1.88 bits per heavy atom. The maximum absolute atomic E-state index is 13.7. The SMILES string of the molecule is CCNc1cc(C(=O)NC(Cc2ccccc2)C(O)CNC2(c3cccc(OC)c3)CC2)cc(N2CCCC2=O)c1. The molecule has 0 spiro atoms. The second-order valence-electron chi connectivity index (χ2n) is 11.0. The summed E-state index contributed by atoms with van der Waals surface area (Å²) in [6.45, 7) is 3.64. The molecule has 1 heterocycles. The standard InChI is InChI=1S/C33H40N4O4/c1-3-34-26-18-24(19-27(21-26)37-16-8-13-31(37)39)32(40)36-29(17-23-9-5-4-6-10-23)30(38)22-35-33(14-15-33)25-11-7-12-28(20-25)41-2/h4-7,9-12,18-21,29-30,34-35,38H,3,8,13-17,22H2,1-2H3,(H,36,40). The van der Waals surface area contributed by atoms with Crippen LogP contribution < -0.4 is 25.6 Å². The third kappa shape index (κ3) is 6.89. The summed E-state index contributed by atoms with van der Waals surface area (Å²) < 4.78 is 5.41. The summed E-state index contributed by atoms with van der Waals surface area (Å²) in [6, 6.07) is 22.9. The molecule has 5 rings (SSSR count). The largest absolute Gasteiger partial charge is 0.497 e. The first kappa shape index (κ1) is 28.6. The van der Waals surface area contributed by atoms with Crippen molar-refractivity contribution in [3.05, 3.63) is 89.5 Å². The quantitative estimate of drug-likeness (QED) is 0.251. The fourth-order valence-electron chi connectivity index (χ4n) is 5.58. The summed E-state index contributed by atoms with van der Waals surface area (Å²) in [5, 5.41) is 21.4. The minimum absolute atomic E-state index is 0.0681. The number of benzene rings is 3. The maximum atomic E-state index is 13.7. The molecule has 8 heteroatoms. The van der Waals surface area contributed by atoms with Crippen molar-refractivity contribution in [3.63, 3.8) is 0 Å². The Hall–Kier alpha value is -3.88. The Labute approximate surface area is 242 Å². The number of ether oxygens (including phenoxy) is 1. The molecule has 0 radical (unpaired) electrons. The van der Waals surface area contributed by atoms with Gasteiger partial charge in [0.1, 0.15) is 5.75 Å². The van der Waals surface area contributed by atoms with Crippen molar-refractivity contribution in [3.8, 4) is 5.75 Å². The highest BCUT2D eigenvalue weighted by Gasteiger charge is 2.44. The van der Waals surface area contributed by atoms with Gasteiger partial charge in [0.2, 0.25) is 5.91 Å². The Kier molecular flexibility index (Phi) is 8.90. The van der Waals surface area contributed by atoms with Crippen LogP contribution in [0.4, 0.5) is 11.4 Å². The first-order valence-electron chi connectivity index (χ1n) is 14.5. The van der Waals surface area contributed by atoms with Crippen LogP contribution in [-0.4, -0.2) is 55.8 Å². The van der Waals surface area contributed by atoms with E-state index in [0.29, 0.717) is 43.7 Å². The molecule has 2 fully saturated rings. The highest BCUT2D eigenvalue weighted by Crippen LogP contribution is 2.46. The molecule has 216 valence electrons. The molecule has 2 atom stereocenters. The van der Waals surface area contributed by atoms with Crippen molar-refractivity contribution in [1.29, 1.82) is 0 Å². The summed E-state index contributed by atoms with van der Waals surface area (Å²) in [6.07, 6.45) is 2.91. The van der Waals surface area contributed by atoms with Gasteiger partial charge in [0.15, 0.2) is 0 Å². The summed E-state index contributed by atoms with van der Waals surface area (Å²) in [5.74, 6) is 0.588. The number of aliphatic hydroxyl groups is 1. The number of nitrogens with one attached hydrogen (secondary N) is 3. The number of carbonyl (C=O) groups is 2. The van der Waals surface area contributed by atoms with Crippen LogP contribution in [0.5, 0.6) is 5.75 Å². The van der Waals surface area contributed by atoms with Crippen molar-refractivity contribution in [2.75, 3.05) is 37.0 Å². The lowest BCUT2D eigenvalue weighted by atomic mass is 9.99. The van der Waals surface area contributed by atoms with E-state index in [1.807, 2.05) is 61.5 Å². The van der Waals surface area contributed by atoms with Crippen LogP contribution in [0, 0.1) is 0 Å². The zero-order valence-electron chi connectivity index (χ0n) is 23.9. The predicted molar refractivity (Wildman–Crippen MR) is 162 cm³/mol. The van der Waals surface area contributed by atoms with Gasteiger partial charge in [-0.15, -0.1) is 0 Å². The molecule has 0 bridgehead atoms. The number of anilines is 2. The molecule has 2 aliphatic rings. The van der Waals surface area contributed by atoms with Crippen LogP contribution >= 0.6 is 0 Å². The number of methoxy groups -OCH3 is 1. The van der Waals surface area contributed by atoms with Crippen molar-refractivity contribution >= 4 is 23.2 Å². The van der Waals surface area contributed by atoms with Crippen molar-refractivity contribution in [2.45, 2.75) is 56.7 Å². The van der Waals surface area contributed by atoms with Crippen LogP contribution in [0.2, 0.25) is 0 Å². The first-order chi connectivity index (χ1) is 19.9. The second kappa shape index (κ2) is 12.7. The minimum Gasteiger partial charge on any atom is -0.497 e. The van der Waals surface area contributed by atoms with Gasteiger partial charge in [-0.25, -0.2) is 0 Å². The average molecular weight is 557 g/mol. The normalized spacial score (nSPS) is 17.1. The molecule has 2 amide bonds. The number of hydrogen-bond acceptors (Lipinski definition) is 6. The summed E-state index contributed by atoms with van der Waals surface area (Å²) in [4.78, 5) is 27.9. The van der Waals surface area contributed by atoms with Crippen LogP contribution in [0.3, 0.4) is 0 Å². The number of amides is 2. The van der Waals surface area contributed by atoms with Crippen LogP contribution in [0.1, 0.15) is 54.1 Å². The first-order valence-corrected chi connectivity index (χ1v) is 14.5. The van der Waals surface area contributed by atoms with Gasteiger partial charge in [0, 0.05) is 48.5 Å². The molecule has 8 nitrogen and oxygen atoms in total. The molecular formula is C33H40N4O4. The van der Waals surface area contributed by atoms with Gasteiger partial charge in [-0.3, -0.25) is 9.59 Å². The molecule has 1 aliphatic carbocycles. The lowest BCUT2D eigenvalue weighted by Gasteiger charge is -2.28. The van der Waals surface area contributed by atoms with E-state index in [0.717, 1.165) is 41.8 Å². The van der Waals surface area contributed by atoms with Crippen molar-refractivity contribution in [2.24, 2.45) is 0 Å². The van der Waals surface area contributed by atoms with E-state index in [2.05, 4.69) is 22.0 Å². The summed E-state index contributed by atoms with van der Waals surface area (Å²) in [5.41, 5.74) is 3.91. The Morgan fingerprint density at radius 1 is 1.07 bits per heavy atom. The smallest absolute Gasteiger partial charge is 0.251 e. The van der Waals surface area contributed by atoms with Gasteiger partial charge in [-0.1, -0.05) is 42.5 Å². The number of aliphatic hydroxyl groups excluding tert-OH is 1. The Balaban J connectivity index is 1.34. The number of rotatable bonds is 13. The van der Waals surface area contributed by atoms with E-state index in [9.17, 15) is 14.7 Å². The molecule has 0 aromatic heterocycles. The van der Waals surface area contributed by atoms with Gasteiger partial charge < -0.3 is 30.7 Å². The van der Waals surface area contributed by atoms with Crippen LogP contribution in [0.15, 0.2) is 72.8 Å². The molecular weight excluding hydrogens is 516 g/mol. The molecule has 2 unspecified atom stereocenters. The third-order valence-corrected chi connectivity index (χ3v) is 8.05. The molecule has 1 saturated heterocycles. The average Bonchev–Trinajstić information content (AvgIpc) is 3.67. The summed E-state index contributed by atoms with van der Waals surface area (Å²) in [7, 11) is 1.66. The number of nitrogens with zero attached hydrogens (tertiary/aromatic N) is 1. The zero-order valence-corrected chi connectivity index (χ0v) is 23.9. The van der Waals surface area contributed by atoms with E-state index in [1.54, 1.807) is 24.1 Å². The number of hydrogen-bond donors (Lipinski definition) is 4. The highest BCUT2D eigenvalue weighted by atomic mass is 16.5. The van der Waals surface area contributed by atoms with E-state index in [4.69, 9.17) is 4.74 Å². The van der Waals surface area contributed by atoms with Crippen molar-refractivity contribution in [1.82, 2.24) is 10.6 Å². The van der Waals surface area contributed by atoms with Crippen molar-refractivity contribution < 1.29 is 19.4 Å². The van der Waals surface area contributed by atoms with E-state index < -0.39 is 12.1 Å². The van der Waals surface area contributed by atoms with Gasteiger partial charge in [-0.2, -0.15) is 0 Å². The summed E-state index contributed by atoms with van der Waals surface area (Å²) >= 11 is 0. The van der Waals surface area contributed by atoms with Crippen LogP contribution in [0.25, 0.3) is 0 Å².